The van der Waals surface area contributed by atoms with Gasteiger partial charge in [-0.3, -0.25) is 0 Å². The van der Waals surface area contributed by atoms with Gasteiger partial charge in [-0.1, -0.05) is 48.0 Å². The highest BCUT2D eigenvalue weighted by atomic mass is 35.5. The summed E-state index contributed by atoms with van der Waals surface area (Å²) in [6.07, 6.45) is 4.17. The molecule has 0 spiro atoms. The molecule has 4 aromatic rings. The Morgan fingerprint density at radius 1 is 1.05 bits per heavy atom. The van der Waals surface area contributed by atoms with Crippen molar-refractivity contribution in [1.29, 1.82) is 0 Å². The minimum Gasteiger partial charge on any atom is -0.444 e. The summed E-state index contributed by atoms with van der Waals surface area (Å²) in [5.41, 5.74) is 0.998. The van der Waals surface area contributed by atoms with Gasteiger partial charge in [-0.25, -0.2) is 27.2 Å². The summed E-state index contributed by atoms with van der Waals surface area (Å²) in [5.74, 6) is 0.382. The molecule has 0 radical (unpaired) electrons. The number of hydrogen-bond donors (Lipinski definition) is 1. The molecule has 1 aliphatic heterocycles. The molecule has 0 saturated carbocycles. The van der Waals surface area contributed by atoms with Gasteiger partial charge in [-0.2, -0.15) is 0 Å². The summed E-state index contributed by atoms with van der Waals surface area (Å²) in [7, 11) is -3.85. The smallest absolute Gasteiger partial charge is 0.410 e. The van der Waals surface area contributed by atoms with Crippen LogP contribution in [-0.4, -0.2) is 58.1 Å². The van der Waals surface area contributed by atoms with Gasteiger partial charge in [0.05, 0.1) is 27.3 Å². The molecule has 3 heterocycles. The molecule has 9 nitrogen and oxygen atoms in total. The molecule has 1 amide bonds. The fourth-order valence-corrected chi connectivity index (χ4v) is 6.17. The van der Waals surface area contributed by atoms with Crippen LogP contribution in [0.3, 0.4) is 0 Å². The van der Waals surface area contributed by atoms with Crippen molar-refractivity contribution in [2.24, 2.45) is 0 Å². The van der Waals surface area contributed by atoms with Crippen molar-refractivity contribution in [3.05, 3.63) is 72.0 Å². The predicted molar refractivity (Wildman–Crippen MR) is 151 cm³/mol. The lowest BCUT2D eigenvalue weighted by atomic mass is 10.1. The van der Waals surface area contributed by atoms with E-state index in [1.165, 1.54) is 10.2 Å². The maximum atomic E-state index is 13.5. The first-order chi connectivity index (χ1) is 18.5. The lowest BCUT2D eigenvalue weighted by molar-refractivity contribution is 0.0210. The van der Waals surface area contributed by atoms with E-state index >= 15 is 0 Å². The van der Waals surface area contributed by atoms with Gasteiger partial charge in [-0.15, -0.1) is 0 Å². The number of benzene rings is 2. The number of piperidine rings is 1. The third-order valence-electron chi connectivity index (χ3n) is 6.46. The highest BCUT2D eigenvalue weighted by molar-refractivity contribution is 7.90. The zero-order valence-electron chi connectivity index (χ0n) is 22.0. The quantitative estimate of drug-likeness (QED) is 0.325. The van der Waals surface area contributed by atoms with Crippen LogP contribution < -0.4 is 5.32 Å². The molecular formula is C28H30ClN5O4S. The Kier molecular flexibility index (Phi) is 7.26. The van der Waals surface area contributed by atoms with E-state index in [-0.39, 0.29) is 17.0 Å². The average Bonchev–Trinajstić information content (AvgIpc) is 3.30. The first-order valence-electron chi connectivity index (χ1n) is 12.7. The second-order valence-corrected chi connectivity index (χ2v) is 12.7. The molecule has 204 valence electrons. The van der Waals surface area contributed by atoms with Gasteiger partial charge >= 0.3 is 6.09 Å². The van der Waals surface area contributed by atoms with Gasteiger partial charge in [-0.05, 0) is 51.8 Å². The number of fused-ring (bicyclic) bond motifs is 1. The molecule has 39 heavy (non-hydrogen) atoms. The number of anilines is 1. The summed E-state index contributed by atoms with van der Waals surface area (Å²) in [6.45, 7) is 6.66. The normalized spacial score (nSPS) is 14.9. The Balaban J connectivity index is 1.41. The lowest BCUT2D eigenvalue weighted by Gasteiger charge is -2.33. The van der Waals surface area contributed by atoms with Gasteiger partial charge < -0.3 is 15.0 Å². The van der Waals surface area contributed by atoms with Crippen LogP contribution in [0.1, 0.15) is 33.6 Å². The van der Waals surface area contributed by atoms with Crippen molar-refractivity contribution < 1.29 is 17.9 Å². The number of carbonyl (C=O) groups is 1. The molecule has 11 heteroatoms. The van der Waals surface area contributed by atoms with E-state index in [9.17, 15) is 13.2 Å². The van der Waals surface area contributed by atoms with E-state index in [0.29, 0.717) is 59.1 Å². The molecular weight excluding hydrogens is 538 g/mol. The molecule has 5 rings (SSSR count). The summed E-state index contributed by atoms with van der Waals surface area (Å²) >= 11 is 6.55. The molecule has 1 aliphatic rings. The average molecular weight is 568 g/mol. The standard InChI is InChI=1S/C28H30ClN5O4S/c1-28(2,3)38-27(35)33-15-13-19(14-16-33)31-26-30-17-23(29)25(32-26)22-18-34(24-12-8-7-11-21(22)24)39(36,37)20-9-5-4-6-10-20/h4-12,17-19H,13-16H2,1-3H3,(H,30,31,32). The SMILES string of the molecule is CC(C)(C)OC(=O)N1CCC(Nc2ncc(Cl)c(-c3cn(S(=O)(=O)c4ccccc4)c4ccccc34)n2)CC1. The number of ether oxygens (including phenoxy) is 1. The highest BCUT2D eigenvalue weighted by Gasteiger charge is 2.28. The maximum Gasteiger partial charge on any atom is 0.410 e. The minimum absolute atomic E-state index is 0.0533. The summed E-state index contributed by atoms with van der Waals surface area (Å²) in [5, 5.41) is 4.36. The number of aromatic nitrogens is 3. The van der Waals surface area contributed by atoms with Crippen molar-refractivity contribution in [2.75, 3.05) is 18.4 Å². The van der Waals surface area contributed by atoms with Crippen molar-refractivity contribution in [3.63, 3.8) is 0 Å². The number of likely N-dealkylation sites (tertiary alicyclic amines) is 1. The molecule has 2 aromatic carbocycles. The molecule has 0 aliphatic carbocycles. The van der Waals surface area contributed by atoms with E-state index in [1.54, 1.807) is 53.6 Å². The molecule has 2 aromatic heterocycles. The summed E-state index contributed by atoms with van der Waals surface area (Å²) < 4.78 is 33.8. The zero-order valence-corrected chi connectivity index (χ0v) is 23.5. The zero-order chi connectivity index (χ0) is 27.8. The van der Waals surface area contributed by atoms with Crippen LogP contribution >= 0.6 is 11.6 Å². The minimum atomic E-state index is -3.85. The fourth-order valence-electron chi connectivity index (χ4n) is 4.58. The van der Waals surface area contributed by atoms with Crippen molar-refractivity contribution >= 4 is 44.6 Å². The number of halogens is 1. The third-order valence-corrected chi connectivity index (χ3v) is 8.42. The molecule has 0 unspecified atom stereocenters. The van der Waals surface area contributed by atoms with E-state index in [0.717, 1.165) is 0 Å². The Labute approximate surface area is 232 Å². The fraction of sp³-hybridized carbons (Fsp3) is 0.321. The van der Waals surface area contributed by atoms with Crippen LogP contribution in [0.5, 0.6) is 0 Å². The number of rotatable bonds is 5. The van der Waals surface area contributed by atoms with Crippen LogP contribution in [0, 0.1) is 0 Å². The molecule has 0 atom stereocenters. The van der Waals surface area contributed by atoms with Crippen molar-refractivity contribution in [1.82, 2.24) is 18.8 Å². The van der Waals surface area contributed by atoms with Crippen LogP contribution in [-0.2, 0) is 14.8 Å². The predicted octanol–water partition coefficient (Wildman–Crippen LogP) is 5.80. The van der Waals surface area contributed by atoms with E-state index in [1.807, 2.05) is 32.9 Å². The van der Waals surface area contributed by atoms with Gasteiger partial charge in [0.1, 0.15) is 5.60 Å². The maximum absolute atomic E-state index is 13.5. The number of hydrogen-bond acceptors (Lipinski definition) is 7. The number of amides is 1. The van der Waals surface area contributed by atoms with Crippen LogP contribution in [0.2, 0.25) is 5.02 Å². The number of carbonyl (C=O) groups excluding carboxylic acids is 1. The van der Waals surface area contributed by atoms with Crippen LogP contribution in [0.15, 0.2) is 71.9 Å². The highest BCUT2D eigenvalue weighted by Crippen LogP contribution is 2.36. The summed E-state index contributed by atoms with van der Waals surface area (Å²) in [4.78, 5) is 23.3. The van der Waals surface area contributed by atoms with Gasteiger partial charge in [0.2, 0.25) is 5.95 Å². The van der Waals surface area contributed by atoms with E-state index in [4.69, 9.17) is 16.3 Å². The van der Waals surface area contributed by atoms with Crippen molar-refractivity contribution in [3.8, 4) is 11.3 Å². The van der Waals surface area contributed by atoms with Crippen molar-refractivity contribution in [2.45, 2.75) is 50.2 Å². The number of nitrogens with zero attached hydrogens (tertiary/aromatic N) is 4. The molecule has 1 N–H and O–H groups in total. The largest absolute Gasteiger partial charge is 0.444 e. The Morgan fingerprint density at radius 3 is 2.41 bits per heavy atom. The second-order valence-electron chi connectivity index (χ2n) is 10.4. The summed E-state index contributed by atoms with van der Waals surface area (Å²) in [6, 6.07) is 15.6. The van der Waals surface area contributed by atoms with Crippen LogP contribution in [0.4, 0.5) is 10.7 Å². The van der Waals surface area contributed by atoms with Gasteiger partial charge in [0, 0.05) is 36.3 Å². The first kappa shape index (κ1) is 27.0. The van der Waals surface area contributed by atoms with Crippen LogP contribution in [0.25, 0.3) is 22.2 Å². The Hall–Kier alpha value is -3.63. The Morgan fingerprint density at radius 2 is 1.72 bits per heavy atom. The first-order valence-corrected chi connectivity index (χ1v) is 14.5. The van der Waals surface area contributed by atoms with E-state index in [2.05, 4.69) is 15.3 Å². The second kappa shape index (κ2) is 10.5. The number of nitrogens with one attached hydrogen (secondary N) is 1. The van der Waals surface area contributed by atoms with Gasteiger partial charge in [0.25, 0.3) is 10.0 Å². The number of para-hydroxylation sites is 1. The third kappa shape index (κ3) is 5.72. The topological polar surface area (TPSA) is 106 Å². The molecule has 1 fully saturated rings. The van der Waals surface area contributed by atoms with E-state index < -0.39 is 15.6 Å². The Bertz CT molecular complexity index is 1610. The molecule has 1 saturated heterocycles. The monoisotopic (exact) mass is 567 g/mol. The van der Waals surface area contributed by atoms with Gasteiger partial charge in [0.15, 0.2) is 0 Å². The molecule has 0 bridgehead atoms. The lowest BCUT2D eigenvalue weighted by Crippen LogP contribution is -2.44.